The van der Waals surface area contributed by atoms with Crippen LogP contribution in [0, 0.1) is 11.6 Å². The molecule has 0 bridgehead atoms. The minimum atomic E-state index is -4.06. The van der Waals surface area contributed by atoms with E-state index in [1.54, 1.807) is 37.5 Å². The lowest BCUT2D eigenvalue weighted by molar-refractivity contribution is -0.130. The second-order valence-corrected chi connectivity index (χ2v) is 10.6. The van der Waals surface area contributed by atoms with E-state index in [0.29, 0.717) is 61.8 Å². The molecule has 4 rings (SSSR count). The number of nitrogens with two attached hydrogens (primary N) is 1. The molecule has 2 heterocycles. The van der Waals surface area contributed by atoms with E-state index in [2.05, 4.69) is 21.4 Å². The summed E-state index contributed by atoms with van der Waals surface area (Å²) in [4.78, 5) is 24.7. The maximum absolute atomic E-state index is 13.8. The molecule has 5 N–H and O–H groups in total. The van der Waals surface area contributed by atoms with Gasteiger partial charge in [0, 0.05) is 36.5 Å². The summed E-state index contributed by atoms with van der Waals surface area (Å²) in [6, 6.07) is 13.6. The van der Waals surface area contributed by atoms with Crippen LogP contribution in [0.5, 0.6) is 0 Å². The first-order valence-electron chi connectivity index (χ1n) is 15.9. The summed E-state index contributed by atoms with van der Waals surface area (Å²) in [5.41, 5.74) is 7.75. The van der Waals surface area contributed by atoms with Gasteiger partial charge in [-0.2, -0.15) is 13.2 Å². The van der Waals surface area contributed by atoms with E-state index in [4.69, 9.17) is 21.1 Å². The number of aldehydes is 1. The normalized spacial score (nSPS) is 15.4. The Morgan fingerprint density at radius 2 is 1.64 bits per heavy atom. The second-order valence-electron chi connectivity index (χ2n) is 10.1. The van der Waals surface area contributed by atoms with Gasteiger partial charge in [0.15, 0.2) is 0 Å². The molecule has 50 heavy (non-hydrogen) atoms. The number of rotatable bonds is 12. The van der Waals surface area contributed by atoms with Crippen molar-refractivity contribution in [3.05, 3.63) is 94.3 Å². The smallest absolute Gasteiger partial charge is 0.401 e. The molecule has 1 saturated heterocycles. The Morgan fingerprint density at radius 1 is 1.04 bits per heavy atom. The third kappa shape index (κ3) is 18.9. The van der Waals surface area contributed by atoms with Crippen molar-refractivity contribution < 1.29 is 41.0 Å². The van der Waals surface area contributed by atoms with Crippen LogP contribution in [0.25, 0.3) is 0 Å². The fourth-order valence-corrected chi connectivity index (χ4v) is 4.63. The number of anilines is 1. The predicted molar refractivity (Wildman–Crippen MR) is 187 cm³/mol. The van der Waals surface area contributed by atoms with Gasteiger partial charge in [0.1, 0.15) is 24.5 Å². The first kappa shape index (κ1) is 46.3. The number of hydrogen-bond acceptors (Lipinski definition) is 9. The molecule has 9 nitrogen and oxygen atoms in total. The summed E-state index contributed by atoms with van der Waals surface area (Å²) in [5, 5.41) is 8.84. The number of pyridine rings is 1. The molecule has 0 radical (unpaired) electrons. The Hall–Kier alpha value is -3.69. The largest absolute Gasteiger partial charge is 0.466 e. The van der Waals surface area contributed by atoms with Crippen LogP contribution in [-0.2, 0) is 25.5 Å². The third-order valence-corrected chi connectivity index (χ3v) is 7.03. The maximum Gasteiger partial charge on any atom is 0.401 e. The van der Waals surface area contributed by atoms with Gasteiger partial charge in [-0.05, 0) is 62.3 Å². The van der Waals surface area contributed by atoms with Crippen molar-refractivity contribution in [2.75, 3.05) is 52.8 Å². The van der Waals surface area contributed by atoms with E-state index in [1.807, 2.05) is 31.3 Å². The van der Waals surface area contributed by atoms with E-state index >= 15 is 0 Å². The summed E-state index contributed by atoms with van der Waals surface area (Å²) in [6.07, 6.45) is 1.34. The summed E-state index contributed by atoms with van der Waals surface area (Å²) >= 11 is 5.84. The topological polar surface area (TPSA) is 128 Å². The first-order valence-corrected chi connectivity index (χ1v) is 16.3. The lowest BCUT2D eigenvalue weighted by atomic mass is 9.89. The third-order valence-electron chi connectivity index (χ3n) is 6.78. The van der Waals surface area contributed by atoms with Crippen molar-refractivity contribution in [1.29, 1.82) is 0 Å². The number of carbonyl (C=O) groups excluding carboxylic acids is 2. The van der Waals surface area contributed by atoms with Crippen LogP contribution in [0.4, 0.5) is 27.6 Å². The average molecular weight is 734 g/mol. The molecule has 1 fully saturated rings. The lowest BCUT2D eigenvalue weighted by Gasteiger charge is -2.30. The number of ether oxygens (including phenoxy) is 2. The average Bonchev–Trinajstić information content (AvgIpc) is 3.12. The number of benzene rings is 2. The van der Waals surface area contributed by atoms with Gasteiger partial charge in [-0.1, -0.05) is 49.7 Å². The molecule has 280 valence electrons. The van der Waals surface area contributed by atoms with Gasteiger partial charge < -0.3 is 36.0 Å². The summed E-state index contributed by atoms with van der Waals surface area (Å²) in [5.74, 6) is -0.636. The molecule has 2 aromatic carbocycles. The molecule has 1 aliphatic heterocycles. The van der Waals surface area contributed by atoms with Crippen molar-refractivity contribution in [2.45, 2.75) is 57.3 Å². The Labute approximate surface area is 296 Å². The Balaban J connectivity index is 0.000000751. The first-order chi connectivity index (χ1) is 24.0. The maximum atomic E-state index is 13.8. The molecular weight excluding hydrogens is 685 g/mol. The zero-order valence-electron chi connectivity index (χ0n) is 29.0. The predicted octanol–water partition coefficient (Wildman–Crippen LogP) is 6.29. The zero-order chi connectivity index (χ0) is 38.0. The number of nitrogens with one attached hydrogen (secondary N) is 3. The van der Waals surface area contributed by atoms with Gasteiger partial charge in [0.25, 0.3) is 6.47 Å². The van der Waals surface area contributed by atoms with E-state index in [0.717, 1.165) is 17.4 Å². The van der Waals surface area contributed by atoms with Crippen molar-refractivity contribution >= 4 is 30.0 Å². The number of carbonyl (C=O) groups is 2. The van der Waals surface area contributed by atoms with Crippen LogP contribution in [0.15, 0.2) is 60.9 Å². The molecule has 0 unspecified atom stereocenters. The Kier molecular flexibility index (Phi) is 25.1. The quantitative estimate of drug-likeness (QED) is 0.125. The van der Waals surface area contributed by atoms with Gasteiger partial charge in [-0.3, -0.25) is 9.78 Å². The Morgan fingerprint density at radius 3 is 2.10 bits per heavy atom. The van der Waals surface area contributed by atoms with E-state index in [9.17, 15) is 31.5 Å². The van der Waals surface area contributed by atoms with Crippen molar-refractivity contribution in [1.82, 2.24) is 15.6 Å². The number of hydrogen-bond donors (Lipinski definition) is 4. The number of morpholine rings is 1. The summed E-state index contributed by atoms with van der Waals surface area (Å²) in [7, 11) is 4.50. The van der Waals surface area contributed by atoms with Gasteiger partial charge in [0.05, 0.1) is 43.4 Å². The van der Waals surface area contributed by atoms with E-state index < -0.39 is 12.7 Å². The zero-order valence-corrected chi connectivity index (χ0v) is 29.8. The highest BCUT2D eigenvalue weighted by Crippen LogP contribution is 2.28. The van der Waals surface area contributed by atoms with Gasteiger partial charge in [-0.25, -0.2) is 8.78 Å². The number of halogens is 6. The molecule has 1 aromatic heterocycles. The number of alkyl halides is 3. The highest BCUT2D eigenvalue weighted by molar-refractivity contribution is 6.30. The molecule has 3 aromatic rings. The highest BCUT2D eigenvalue weighted by Gasteiger charge is 2.25. The second kappa shape index (κ2) is 27.1. The van der Waals surface area contributed by atoms with Crippen LogP contribution in [0.3, 0.4) is 0 Å². The van der Waals surface area contributed by atoms with Crippen LogP contribution < -0.4 is 21.7 Å². The molecule has 0 amide bonds. The van der Waals surface area contributed by atoms with Crippen LogP contribution in [-0.4, -0.2) is 83.5 Å². The highest BCUT2D eigenvalue weighted by atomic mass is 35.5. The van der Waals surface area contributed by atoms with Crippen LogP contribution >= 0.6 is 11.6 Å². The minimum absolute atomic E-state index is 0.0229. The molecule has 3 atom stereocenters. The molecule has 0 aliphatic carbocycles. The molecule has 0 spiro atoms. The van der Waals surface area contributed by atoms with Crippen molar-refractivity contribution in [2.24, 2.45) is 5.73 Å². The number of nitrogens with zero attached hydrogens (tertiary/aromatic N) is 1. The van der Waals surface area contributed by atoms with Gasteiger partial charge in [-0.15, -0.1) is 0 Å². The van der Waals surface area contributed by atoms with E-state index in [-0.39, 0.29) is 29.7 Å². The van der Waals surface area contributed by atoms with Crippen LogP contribution in [0.1, 0.15) is 49.3 Å². The van der Waals surface area contributed by atoms with Crippen LogP contribution in [0.2, 0.25) is 5.02 Å². The van der Waals surface area contributed by atoms with Gasteiger partial charge >= 0.3 is 6.18 Å². The van der Waals surface area contributed by atoms with Crippen molar-refractivity contribution in [3.8, 4) is 0 Å². The van der Waals surface area contributed by atoms with Crippen molar-refractivity contribution in [3.63, 3.8) is 0 Å². The molecule has 0 saturated carbocycles. The fourth-order valence-electron chi connectivity index (χ4n) is 4.50. The molecule has 1 aliphatic rings. The molecular formula is C35H49ClF5N5O4. The Bertz CT molecular complexity index is 1270. The van der Waals surface area contributed by atoms with E-state index in [1.165, 1.54) is 32.4 Å². The minimum Gasteiger partial charge on any atom is -0.466 e. The SMILES string of the molecule is CC.CN.CNCC(F)(F)F.CNc1cncc(F)c1CC[C@@H]1CN[C@H](COC=O)CO1.O=CC[C@H](c1ccc(F)cc1)c1ccc(Cl)cc1. The summed E-state index contributed by atoms with van der Waals surface area (Å²) < 4.78 is 70.1. The van der Waals surface area contributed by atoms with Gasteiger partial charge in [0.2, 0.25) is 0 Å². The molecule has 15 heteroatoms. The lowest BCUT2D eigenvalue weighted by Crippen LogP contribution is -2.48. The fraction of sp³-hybridized carbons (Fsp3) is 0.457. The number of aromatic nitrogens is 1. The summed E-state index contributed by atoms with van der Waals surface area (Å²) in [6.45, 7) is 4.97. The standard InChI is InChI=1S/C15H12ClFO.C14H20FN3O3.C3H6F3N.C2H6.CH5N/c16-13-5-1-11(2-6-13)15(9-10-18)12-3-7-14(17)8-4-12;1-16-14-6-17-5-13(15)12(14)3-2-11-4-18-10(8-21-11)7-20-9-19;1-7-2-3(4,5)6;2*1-2/h1-8,10,15H,9H2;5-6,9-11,16,18H,2-4,7-8H2,1H3;7H,2H2,1H3;1-2H3;2H2,1H3/t15-;10-,11-;;;/m01.../s1. The monoisotopic (exact) mass is 733 g/mol.